The summed E-state index contributed by atoms with van der Waals surface area (Å²) in [6, 6.07) is 12.7. The van der Waals surface area contributed by atoms with Crippen molar-refractivity contribution in [3.63, 3.8) is 0 Å². The molecule has 1 saturated heterocycles. The third-order valence-corrected chi connectivity index (χ3v) is 7.23. The van der Waals surface area contributed by atoms with Crippen LogP contribution in [0.25, 0.3) is 0 Å². The molecule has 2 aliphatic rings. The molecule has 35 heavy (non-hydrogen) atoms. The van der Waals surface area contributed by atoms with E-state index in [-0.39, 0.29) is 24.4 Å². The first-order chi connectivity index (χ1) is 17.1. The lowest BCUT2D eigenvalue weighted by Crippen LogP contribution is -2.45. The molecular formula is C27H32N6O2. The summed E-state index contributed by atoms with van der Waals surface area (Å²) < 4.78 is 1.81. The highest BCUT2D eigenvalue weighted by Gasteiger charge is 2.36. The molecule has 182 valence electrons. The van der Waals surface area contributed by atoms with E-state index < -0.39 is 0 Å². The molecule has 2 atom stereocenters. The maximum atomic E-state index is 13.5. The fraction of sp³-hybridized carbons (Fsp3) is 0.407. The molecule has 0 aliphatic carbocycles. The number of nitrogens with zero attached hydrogens (tertiary/aromatic N) is 6. The van der Waals surface area contributed by atoms with Crippen molar-refractivity contribution < 1.29 is 9.59 Å². The second-order valence-electron chi connectivity index (χ2n) is 9.52. The molecule has 2 amide bonds. The van der Waals surface area contributed by atoms with Crippen molar-refractivity contribution >= 4 is 17.5 Å². The lowest BCUT2D eigenvalue weighted by Gasteiger charge is -2.34. The molecule has 2 unspecified atom stereocenters. The van der Waals surface area contributed by atoms with E-state index in [0.29, 0.717) is 25.7 Å². The van der Waals surface area contributed by atoms with Crippen LogP contribution in [-0.4, -0.2) is 61.3 Å². The van der Waals surface area contributed by atoms with Gasteiger partial charge in [-0.15, -0.1) is 0 Å². The summed E-state index contributed by atoms with van der Waals surface area (Å²) in [4.78, 5) is 41.1. The van der Waals surface area contributed by atoms with Crippen LogP contribution in [0.4, 0.5) is 5.69 Å². The number of fused-ring (bicyclic) bond motifs is 3. The molecule has 0 N–H and O–H groups in total. The Morgan fingerprint density at radius 1 is 1.00 bits per heavy atom. The van der Waals surface area contributed by atoms with Crippen molar-refractivity contribution in [2.45, 2.75) is 57.9 Å². The van der Waals surface area contributed by atoms with Gasteiger partial charge in [-0.2, -0.15) is 0 Å². The van der Waals surface area contributed by atoms with Gasteiger partial charge in [0.1, 0.15) is 6.54 Å². The Bertz CT molecular complexity index is 1150. The third-order valence-electron chi connectivity index (χ3n) is 7.23. The van der Waals surface area contributed by atoms with E-state index in [9.17, 15) is 9.59 Å². The van der Waals surface area contributed by atoms with E-state index in [0.717, 1.165) is 37.1 Å². The van der Waals surface area contributed by atoms with E-state index in [4.69, 9.17) is 0 Å². The third kappa shape index (κ3) is 5.27. The molecule has 4 heterocycles. The number of hydrogen-bond donors (Lipinski definition) is 0. The van der Waals surface area contributed by atoms with E-state index in [1.54, 1.807) is 25.6 Å². The molecule has 1 fully saturated rings. The topological polar surface area (TPSA) is 74.6 Å². The molecule has 8 nitrogen and oxygen atoms in total. The minimum absolute atomic E-state index is 0.0290. The Kier molecular flexibility index (Phi) is 6.90. The number of carbonyl (C=O) groups excluding carboxylic acids is 2. The monoisotopic (exact) mass is 472 g/mol. The van der Waals surface area contributed by atoms with Crippen LogP contribution in [0.15, 0.2) is 67.5 Å². The Labute approximate surface area is 206 Å². The molecule has 0 saturated carbocycles. The van der Waals surface area contributed by atoms with Crippen LogP contribution in [0.3, 0.4) is 0 Å². The zero-order chi connectivity index (χ0) is 24.2. The molecule has 8 heteroatoms. The van der Waals surface area contributed by atoms with Gasteiger partial charge in [-0.05, 0) is 42.5 Å². The molecular weight excluding hydrogens is 440 g/mol. The molecule has 2 aliphatic heterocycles. The van der Waals surface area contributed by atoms with E-state index in [1.165, 1.54) is 5.56 Å². The van der Waals surface area contributed by atoms with Crippen LogP contribution < -0.4 is 4.90 Å². The first-order valence-electron chi connectivity index (χ1n) is 12.3. The summed E-state index contributed by atoms with van der Waals surface area (Å²) in [5.74, 6) is 0.0811. The second kappa shape index (κ2) is 10.4. The lowest BCUT2D eigenvalue weighted by atomic mass is 10.1. The number of aromatic nitrogens is 3. The van der Waals surface area contributed by atoms with Crippen LogP contribution in [0.2, 0.25) is 0 Å². The number of hydrogen-bond acceptors (Lipinski definition) is 5. The van der Waals surface area contributed by atoms with Gasteiger partial charge in [0.2, 0.25) is 11.8 Å². The molecule has 0 spiro atoms. The van der Waals surface area contributed by atoms with Gasteiger partial charge < -0.3 is 14.4 Å². The smallest absolute Gasteiger partial charge is 0.242 e. The number of pyridine rings is 1. The number of para-hydroxylation sites is 1. The van der Waals surface area contributed by atoms with E-state index >= 15 is 0 Å². The minimum Gasteiger partial charge on any atom is -0.335 e. The molecule has 5 rings (SSSR count). The van der Waals surface area contributed by atoms with Crippen LogP contribution in [0.5, 0.6) is 0 Å². The molecule has 1 aromatic carbocycles. The minimum atomic E-state index is 0.0290. The van der Waals surface area contributed by atoms with Gasteiger partial charge in [0.25, 0.3) is 0 Å². The number of benzene rings is 1. The zero-order valence-electron chi connectivity index (χ0n) is 20.2. The van der Waals surface area contributed by atoms with Crippen LogP contribution in [-0.2, 0) is 29.2 Å². The zero-order valence-corrected chi connectivity index (χ0v) is 20.2. The van der Waals surface area contributed by atoms with Gasteiger partial charge in [0.05, 0.1) is 6.33 Å². The Morgan fingerprint density at radius 2 is 1.86 bits per heavy atom. The van der Waals surface area contributed by atoms with E-state index in [1.807, 2.05) is 57.1 Å². The van der Waals surface area contributed by atoms with Gasteiger partial charge in [-0.25, -0.2) is 4.98 Å². The van der Waals surface area contributed by atoms with Crippen molar-refractivity contribution in [2.75, 3.05) is 18.0 Å². The fourth-order valence-electron chi connectivity index (χ4n) is 5.47. The summed E-state index contributed by atoms with van der Waals surface area (Å²) in [7, 11) is 0. The van der Waals surface area contributed by atoms with Crippen molar-refractivity contribution in [2.24, 2.45) is 0 Å². The standard InChI is InChI=1S/C27H32N6O2/c1-21(34)32-13-10-24-8-9-25(33(24)16-22-5-4-11-28-15-22)18-31(17-23-6-2-3-7-26(23)32)27(35)19-30-14-12-29-20-30/h2-7,11-12,14-15,20,24-25H,8-10,13,16-19H2,1H3. The summed E-state index contributed by atoms with van der Waals surface area (Å²) in [6.07, 6.45) is 11.9. The first-order valence-corrected chi connectivity index (χ1v) is 12.3. The number of carbonyl (C=O) groups is 2. The van der Waals surface area contributed by atoms with Gasteiger partial charge in [0, 0.05) is 75.7 Å². The predicted molar refractivity (Wildman–Crippen MR) is 133 cm³/mol. The summed E-state index contributed by atoms with van der Waals surface area (Å²) >= 11 is 0. The van der Waals surface area contributed by atoms with E-state index in [2.05, 4.69) is 20.9 Å². The lowest BCUT2D eigenvalue weighted by molar-refractivity contribution is -0.133. The number of imidazole rings is 1. The summed E-state index contributed by atoms with van der Waals surface area (Å²) in [5, 5.41) is 0. The Hall–Kier alpha value is -3.52. The Balaban J connectivity index is 1.49. The highest BCUT2D eigenvalue weighted by Crippen LogP contribution is 2.32. The summed E-state index contributed by atoms with van der Waals surface area (Å²) in [5.41, 5.74) is 3.07. The molecule has 3 aromatic rings. The highest BCUT2D eigenvalue weighted by molar-refractivity contribution is 5.92. The van der Waals surface area contributed by atoms with Crippen molar-refractivity contribution in [1.82, 2.24) is 24.3 Å². The predicted octanol–water partition coefficient (Wildman–Crippen LogP) is 3.10. The Morgan fingerprint density at radius 3 is 2.63 bits per heavy atom. The fourth-order valence-corrected chi connectivity index (χ4v) is 5.47. The van der Waals surface area contributed by atoms with Crippen LogP contribution >= 0.6 is 0 Å². The molecule has 2 bridgehead atoms. The van der Waals surface area contributed by atoms with Crippen molar-refractivity contribution in [3.8, 4) is 0 Å². The maximum Gasteiger partial charge on any atom is 0.242 e. The summed E-state index contributed by atoms with van der Waals surface area (Å²) in [6.45, 7) is 4.45. The van der Waals surface area contributed by atoms with Crippen LogP contribution in [0.1, 0.15) is 37.3 Å². The highest BCUT2D eigenvalue weighted by atomic mass is 16.2. The van der Waals surface area contributed by atoms with Gasteiger partial charge in [-0.1, -0.05) is 24.3 Å². The largest absolute Gasteiger partial charge is 0.335 e. The molecule has 0 radical (unpaired) electrons. The maximum absolute atomic E-state index is 13.5. The second-order valence-corrected chi connectivity index (χ2v) is 9.52. The van der Waals surface area contributed by atoms with Gasteiger partial charge >= 0.3 is 0 Å². The normalized spacial score (nSPS) is 20.8. The first kappa shape index (κ1) is 23.2. The number of anilines is 1. The number of amides is 2. The molecule has 2 aromatic heterocycles. The van der Waals surface area contributed by atoms with Gasteiger partial charge in [0.15, 0.2) is 0 Å². The number of rotatable bonds is 4. The average Bonchev–Trinajstić information content (AvgIpc) is 3.49. The van der Waals surface area contributed by atoms with Crippen molar-refractivity contribution in [1.29, 1.82) is 0 Å². The van der Waals surface area contributed by atoms with Gasteiger partial charge in [-0.3, -0.25) is 19.5 Å². The average molecular weight is 473 g/mol. The quantitative estimate of drug-likeness (QED) is 0.583. The van der Waals surface area contributed by atoms with Crippen LogP contribution in [0, 0.1) is 0 Å². The van der Waals surface area contributed by atoms with Crippen molar-refractivity contribution in [3.05, 3.63) is 78.6 Å². The SMILES string of the molecule is CC(=O)N1CCC2CCC(CN(C(=O)Cn3ccnc3)Cc3ccccc31)N2Cc1cccnc1.